The third-order valence-electron chi connectivity index (χ3n) is 3.13. The van der Waals surface area contributed by atoms with Gasteiger partial charge in [-0.1, -0.05) is 0 Å². The number of amides is 1. The molecule has 3 N–H and O–H groups in total. The Balaban J connectivity index is 2.30. The molecule has 0 radical (unpaired) electrons. The molecule has 0 saturated heterocycles. The predicted octanol–water partition coefficient (Wildman–Crippen LogP) is 1.63. The maximum Gasteiger partial charge on any atom is 0.253 e. The first-order valence-corrected chi connectivity index (χ1v) is 6.59. The molecule has 0 bridgehead atoms. The number of carbonyl (C=O) groups is 1. The number of pyridine rings is 1. The van der Waals surface area contributed by atoms with Crippen molar-refractivity contribution in [2.24, 2.45) is 5.73 Å². The molecular formula is C15H19N3O2. The lowest BCUT2D eigenvalue weighted by atomic mass is 10.1. The fourth-order valence-corrected chi connectivity index (χ4v) is 2.00. The number of methoxy groups -OCH3 is 1. The number of benzene rings is 1. The highest BCUT2D eigenvalue weighted by molar-refractivity contribution is 5.98. The maximum atomic E-state index is 12.1. The van der Waals surface area contributed by atoms with Gasteiger partial charge in [-0.05, 0) is 38.1 Å². The van der Waals surface area contributed by atoms with E-state index in [4.69, 9.17) is 10.5 Å². The zero-order valence-corrected chi connectivity index (χ0v) is 11.8. The van der Waals surface area contributed by atoms with E-state index in [1.807, 2.05) is 31.2 Å². The van der Waals surface area contributed by atoms with Crippen LogP contribution in [0.1, 0.15) is 22.5 Å². The maximum absolute atomic E-state index is 12.1. The number of ether oxygens (including phenoxy) is 1. The lowest BCUT2D eigenvalue weighted by Gasteiger charge is -2.09. The van der Waals surface area contributed by atoms with Crippen LogP contribution in [0.5, 0.6) is 5.75 Å². The van der Waals surface area contributed by atoms with Gasteiger partial charge < -0.3 is 15.8 Å². The van der Waals surface area contributed by atoms with E-state index < -0.39 is 0 Å². The molecule has 0 aliphatic heterocycles. The van der Waals surface area contributed by atoms with Gasteiger partial charge in [-0.25, -0.2) is 0 Å². The van der Waals surface area contributed by atoms with Crippen LogP contribution in [-0.4, -0.2) is 31.1 Å². The summed E-state index contributed by atoms with van der Waals surface area (Å²) < 4.78 is 5.17. The van der Waals surface area contributed by atoms with Crippen molar-refractivity contribution in [1.29, 1.82) is 0 Å². The Bertz CT molecular complexity index is 626. The highest BCUT2D eigenvalue weighted by atomic mass is 16.5. The summed E-state index contributed by atoms with van der Waals surface area (Å²) in [7, 11) is 1.62. The number of rotatable bonds is 5. The van der Waals surface area contributed by atoms with Crippen molar-refractivity contribution in [2.75, 3.05) is 20.2 Å². The van der Waals surface area contributed by atoms with Gasteiger partial charge in [0.2, 0.25) is 0 Å². The number of aryl methyl sites for hydroxylation is 1. The summed E-state index contributed by atoms with van der Waals surface area (Å²) >= 11 is 0. The largest absolute Gasteiger partial charge is 0.497 e. The van der Waals surface area contributed by atoms with E-state index in [1.54, 1.807) is 7.11 Å². The van der Waals surface area contributed by atoms with E-state index in [1.165, 1.54) is 0 Å². The van der Waals surface area contributed by atoms with Crippen LogP contribution in [0.2, 0.25) is 0 Å². The quantitative estimate of drug-likeness (QED) is 0.812. The first-order valence-electron chi connectivity index (χ1n) is 6.59. The van der Waals surface area contributed by atoms with Gasteiger partial charge >= 0.3 is 0 Å². The molecule has 0 aliphatic rings. The Morgan fingerprint density at radius 2 is 2.20 bits per heavy atom. The number of nitrogens with two attached hydrogens (primary N) is 1. The van der Waals surface area contributed by atoms with Crippen LogP contribution in [-0.2, 0) is 0 Å². The average molecular weight is 273 g/mol. The molecule has 1 heterocycles. The summed E-state index contributed by atoms with van der Waals surface area (Å²) in [5, 5.41) is 3.76. The molecule has 2 aromatic rings. The molecule has 2 rings (SSSR count). The first-order chi connectivity index (χ1) is 9.65. The molecule has 1 aromatic heterocycles. The van der Waals surface area contributed by atoms with Crippen LogP contribution in [0.3, 0.4) is 0 Å². The van der Waals surface area contributed by atoms with Crippen molar-refractivity contribution in [3.8, 4) is 5.75 Å². The molecule has 1 aromatic carbocycles. The van der Waals surface area contributed by atoms with Gasteiger partial charge in [0.25, 0.3) is 5.91 Å². The van der Waals surface area contributed by atoms with E-state index >= 15 is 0 Å². The molecule has 0 unspecified atom stereocenters. The third kappa shape index (κ3) is 3.05. The Labute approximate surface area is 118 Å². The summed E-state index contributed by atoms with van der Waals surface area (Å²) in [5.41, 5.74) is 7.53. The number of aromatic nitrogens is 1. The van der Waals surface area contributed by atoms with Gasteiger partial charge in [-0.3, -0.25) is 9.78 Å². The Hall–Kier alpha value is -2.14. The van der Waals surface area contributed by atoms with Crippen molar-refractivity contribution >= 4 is 16.8 Å². The average Bonchev–Trinajstić information content (AvgIpc) is 2.46. The minimum atomic E-state index is -0.110. The number of hydrogen-bond donors (Lipinski definition) is 2. The van der Waals surface area contributed by atoms with E-state index in [9.17, 15) is 4.79 Å². The summed E-state index contributed by atoms with van der Waals surface area (Å²) in [4.78, 5) is 16.6. The van der Waals surface area contributed by atoms with E-state index in [2.05, 4.69) is 10.3 Å². The smallest absolute Gasteiger partial charge is 0.253 e. The van der Waals surface area contributed by atoms with E-state index in [-0.39, 0.29) is 5.91 Å². The van der Waals surface area contributed by atoms with Gasteiger partial charge in [0.05, 0.1) is 23.9 Å². The van der Waals surface area contributed by atoms with Gasteiger partial charge in [-0.2, -0.15) is 0 Å². The Morgan fingerprint density at radius 1 is 1.40 bits per heavy atom. The fourth-order valence-electron chi connectivity index (χ4n) is 2.00. The van der Waals surface area contributed by atoms with Crippen molar-refractivity contribution in [1.82, 2.24) is 10.3 Å². The normalized spacial score (nSPS) is 10.6. The van der Waals surface area contributed by atoms with Gasteiger partial charge in [0.1, 0.15) is 5.75 Å². The topological polar surface area (TPSA) is 77.2 Å². The Morgan fingerprint density at radius 3 is 2.90 bits per heavy atom. The molecule has 5 nitrogen and oxygen atoms in total. The van der Waals surface area contributed by atoms with Crippen molar-refractivity contribution < 1.29 is 9.53 Å². The monoisotopic (exact) mass is 273 g/mol. The standard InChI is InChI=1S/C15H19N3O2/c1-10-13(15(19)17-7-3-6-16)8-11-4-5-12(20-2)9-14(11)18-10/h4-5,8-9H,3,6-7,16H2,1-2H3,(H,17,19). The summed E-state index contributed by atoms with van der Waals surface area (Å²) in [6.45, 7) is 2.97. The van der Waals surface area contributed by atoms with E-state index in [0.29, 0.717) is 24.3 Å². The molecule has 106 valence electrons. The summed E-state index contributed by atoms with van der Waals surface area (Å²) in [6.07, 6.45) is 0.767. The van der Waals surface area contributed by atoms with Crippen molar-refractivity contribution in [2.45, 2.75) is 13.3 Å². The Kier molecular flexibility index (Phi) is 4.53. The number of nitrogens with one attached hydrogen (secondary N) is 1. The van der Waals surface area contributed by atoms with Crippen LogP contribution in [0.15, 0.2) is 24.3 Å². The second-order valence-electron chi connectivity index (χ2n) is 4.58. The molecule has 0 spiro atoms. The molecule has 0 aliphatic carbocycles. The number of nitrogens with zero attached hydrogens (tertiary/aromatic N) is 1. The van der Waals surface area contributed by atoms with Crippen LogP contribution in [0.4, 0.5) is 0 Å². The minimum Gasteiger partial charge on any atom is -0.497 e. The number of carbonyl (C=O) groups excluding carboxylic acids is 1. The number of hydrogen-bond acceptors (Lipinski definition) is 4. The molecule has 20 heavy (non-hydrogen) atoms. The predicted molar refractivity (Wildman–Crippen MR) is 79.0 cm³/mol. The zero-order valence-electron chi connectivity index (χ0n) is 11.8. The fraction of sp³-hybridized carbons (Fsp3) is 0.333. The zero-order chi connectivity index (χ0) is 14.5. The molecule has 0 fully saturated rings. The minimum absolute atomic E-state index is 0.110. The van der Waals surface area contributed by atoms with Crippen molar-refractivity contribution in [3.05, 3.63) is 35.5 Å². The third-order valence-corrected chi connectivity index (χ3v) is 3.13. The lowest BCUT2D eigenvalue weighted by Crippen LogP contribution is -2.26. The first kappa shape index (κ1) is 14.3. The second kappa shape index (κ2) is 6.34. The SMILES string of the molecule is COc1ccc2cc(C(=O)NCCCN)c(C)nc2c1. The molecule has 0 saturated carbocycles. The molecular weight excluding hydrogens is 254 g/mol. The summed E-state index contributed by atoms with van der Waals surface area (Å²) in [6, 6.07) is 7.47. The lowest BCUT2D eigenvalue weighted by molar-refractivity contribution is 0.0952. The van der Waals surface area contributed by atoms with Gasteiger partial charge in [0.15, 0.2) is 0 Å². The van der Waals surface area contributed by atoms with Crippen LogP contribution in [0, 0.1) is 6.92 Å². The molecule has 1 amide bonds. The molecule has 0 atom stereocenters. The van der Waals surface area contributed by atoms with Crippen LogP contribution < -0.4 is 15.8 Å². The van der Waals surface area contributed by atoms with Crippen LogP contribution >= 0.6 is 0 Å². The number of fused-ring (bicyclic) bond motifs is 1. The summed E-state index contributed by atoms with van der Waals surface area (Å²) in [5.74, 6) is 0.644. The highest BCUT2D eigenvalue weighted by Gasteiger charge is 2.11. The highest BCUT2D eigenvalue weighted by Crippen LogP contribution is 2.21. The van der Waals surface area contributed by atoms with Gasteiger partial charge in [0, 0.05) is 18.0 Å². The van der Waals surface area contributed by atoms with Crippen LogP contribution in [0.25, 0.3) is 10.9 Å². The second-order valence-corrected chi connectivity index (χ2v) is 4.58. The van der Waals surface area contributed by atoms with Gasteiger partial charge in [-0.15, -0.1) is 0 Å². The molecule has 5 heteroatoms. The van der Waals surface area contributed by atoms with E-state index in [0.717, 1.165) is 23.1 Å². The van der Waals surface area contributed by atoms with Crippen molar-refractivity contribution in [3.63, 3.8) is 0 Å².